The van der Waals surface area contributed by atoms with Crippen molar-refractivity contribution in [3.05, 3.63) is 47.2 Å². The predicted molar refractivity (Wildman–Crippen MR) is 68.0 cm³/mol. The van der Waals surface area contributed by atoms with Gasteiger partial charge < -0.3 is 0 Å². The average Bonchev–Trinajstić information content (AvgIpc) is 2.59. The second-order valence-electron chi connectivity index (χ2n) is 4.77. The molecule has 1 amide bonds. The molecule has 1 fully saturated rings. The van der Waals surface area contributed by atoms with E-state index in [0.29, 0.717) is 23.8 Å². The van der Waals surface area contributed by atoms with Crippen LogP contribution in [0.2, 0.25) is 0 Å². The minimum absolute atomic E-state index is 0.325. The summed E-state index contributed by atoms with van der Waals surface area (Å²) in [6.45, 7) is 0. The summed E-state index contributed by atoms with van der Waals surface area (Å²) in [6.07, 6.45) is 13.2. The third-order valence-electron chi connectivity index (χ3n) is 3.83. The van der Waals surface area contributed by atoms with Crippen LogP contribution in [0, 0.1) is 11.8 Å². The van der Waals surface area contributed by atoms with Crippen LogP contribution in [0.1, 0.15) is 12.8 Å². The molecule has 0 saturated heterocycles. The highest BCUT2D eigenvalue weighted by Crippen LogP contribution is 2.46. The first-order valence-corrected chi connectivity index (χ1v) is 6.02. The Bertz CT molecular complexity index is 538. The van der Waals surface area contributed by atoms with Gasteiger partial charge in [-0.2, -0.15) is 0 Å². The maximum atomic E-state index is 11.5. The number of carbonyl (C=O) groups is 1. The fourth-order valence-corrected chi connectivity index (χ4v) is 2.93. The topological polar surface area (TPSA) is 61.7 Å². The number of rotatable bonds is 1. The quantitative estimate of drug-likeness (QED) is 0.545. The van der Waals surface area contributed by atoms with Crippen molar-refractivity contribution >= 4 is 12.1 Å². The van der Waals surface area contributed by atoms with Crippen LogP contribution < -0.4 is 5.48 Å². The highest BCUT2D eigenvalue weighted by atomic mass is 16.5. The number of aliphatic imine (C=N–C) groups is 1. The number of nitrogens with one attached hydrogen (secondary N) is 1. The minimum atomic E-state index is -0.406. The van der Waals surface area contributed by atoms with Crippen molar-refractivity contribution in [2.45, 2.75) is 12.8 Å². The maximum absolute atomic E-state index is 11.5. The van der Waals surface area contributed by atoms with Crippen LogP contribution in [0.25, 0.3) is 0 Å². The fraction of sp³-hybridized carbons (Fsp3) is 0.286. The van der Waals surface area contributed by atoms with Gasteiger partial charge in [-0.25, -0.2) is 5.48 Å². The smallest absolute Gasteiger partial charge is 0.270 e. The lowest BCUT2D eigenvalue weighted by molar-refractivity contribution is -0.125. The van der Waals surface area contributed by atoms with E-state index in [1.54, 1.807) is 11.6 Å². The molecule has 3 aliphatic rings. The molecule has 0 aromatic heterocycles. The maximum Gasteiger partial charge on any atom is 0.270 e. The summed E-state index contributed by atoms with van der Waals surface area (Å²) in [7, 11) is 0. The number of nitrogens with zero attached hydrogens (tertiary/aromatic N) is 1. The van der Waals surface area contributed by atoms with E-state index in [4.69, 9.17) is 5.21 Å². The molecular formula is C14H14N2O2. The Kier molecular flexibility index (Phi) is 2.72. The lowest BCUT2D eigenvalue weighted by Gasteiger charge is -2.21. The highest BCUT2D eigenvalue weighted by Gasteiger charge is 2.36. The van der Waals surface area contributed by atoms with Crippen molar-refractivity contribution in [2.75, 3.05) is 0 Å². The monoisotopic (exact) mass is 242 g/mol. The first-order valence-electron chi connectivity index (χ1n) is 6.02. The van der Waals surface area contributed by atoms with Gasteiger partial charge >= 0.3 is 0 Å². The van der Waals surface area contributed by atoms with Crippen LogP contribution >= 0.6 is 0 Å². The number of carbonyl (C=O) groups excluding carboxylic acids is 1. The molecule has 0 spiro atoms. The zero-order chi connectivity index (χ0) is 12.5. The van der Waals surface area contributed by atoms with Crippen molar-refractivity contribution < 1.29 is 10.0 Å². The zero-order valence-electron chi connectivity index (χ0n) is 9.84. The number of hydroxylamine groups is 1. The summed E-state index contributed by atoms with van der Waals surface area (Å²) in [5, 5.41) is 8.70. The second kappa shape index (κ2) is 4.38. The number of fused-ring (bicyclic) bond motifs is 3. The highest BCUT2D eigenvalue weighted by molar-refractivity contribution is 5.93. The van der Waals surface area contributed by atoms with E-state index >= 15 is 0 Å². The van der Waals surface area contributed by atoms with Gasteiger partial charge in [-0.1, -0.05) is 29.4 Å². The Morgan fingerprint density at radius 2 is 2.22 bits per heavy atom. The van der Waals surface area contributed by atoms with Crippen LogP contribution in [-0.4, -0.2) is 17.3 Å². The van der Waals surface area contributed by atoms with Crippen LogP contribution in [0.4, 0.5) is 0 Å². The van der Waals surface area contributed by atoms with Gasteiger partial charge in [0.15, 0.2) is 0 Å². The van der Waals surface area contributed by atoms with Crippen LogP contribution in [0.3, 0.4) is 0 Å². The van der Waals surface area contributed by atoms with Gasteiger partial charge in [0.2, 0.25) is 0 Å². The normalized spacial score (nSPS) is 28.6. The molecule has 0 aromatic rings. The molecule has 3 rings (SSSR count). The molecule has 2 N–H and O–H groups in total. The molecule has 0 aromatic carbocycles. The lowest BCUT2D eigenvalue weighted by atomic mass is 9.83. The lowest BCUT2D eigenvalue weighted by Crippen LogP contribution is -2.24. The van der Waals surface area contributed by atoms with E-state index < -0.39 is 5.91 Å². The Morgan fingerprint density at radius 1 is 1.33 bits per heavy atom. The van der Waals surface area contributed by atoms with Gasteiger partial charge in [0.25, 0.3) is 5.91 Å². The molecule has 0 bridgehead atoms. The molecule has 4 nitrogen and oxygen atoms in total. The molecule has 1 saturated carbocycles. The molecular weight excluding hydrogens is 228 g/mol. The Morgan fingerprint density at radius 3 is 3.06 bits per heavy atom. The van der Waals surface area contributed by atoms with Crippen LogP contribution in [-0.2, 0) is 4.79 Å². The largest absolute Gasteiger partial charge is 0.288 e. The van der Waals surface area contributed by atoms with Crippen molar-refractivity contribution in [3.8, 4) is 0 Å². The van der Waals surface area contributed by atoms with Gasteiger partial charge in [0, 0.05) is 23.9 Å². The van der Waals surface area contributed by atoms with Crippen molar-refractivity contribution in [1.29, 1.82) is 0 Å². The summed E-state index contributed by atoms with van der Waals surface area (Å²) in [4.78, 5) is 15.6. The SMILES string of the molecule is O=C(NO)C1=CC=C2CC3=CC=NC=C[C@@H]3[C@H]2C1. The Balaban J connectivity index is 1.90. The van der Waals surface area contributed by atoms with Gasteiger partial charge in [-0.15, -0.1) is 0 Å². The first kappa shape index (κ1) is 11.2. The first-order chi connectivity index (χ1) is 8.79. The van der Waals surface area contributed by atoms with Crippen molar-refractivity contribution in [2.24, 2.45) is 16.8 Å². The standard InChI is InChI=1S/C14H14N2O2/c17-14(16-18)11-2-1-9-7-10-3-5-15-6-4-12(10)13(9)8-11/h1-6,12-13,18H,7-8H2,(H,16,17)/t12-,13-/m0/s1. The molecule has 18 heavy (non-hydrogen) atoms. The Labute approximate surface area is 105 Å². The summed E-state index contributed by atoms with van der Waals surface area (Å²) in [5.74, 6) is 0.247. The van der Waals surface area contributed by atoms with E-state index in [2.05, 4.69) is 17.1 Å². The molecule has 2 atom stereocenters. The number of amides is 1. The third kappa shape index (κ3) is 1.75. The van der Waals surface area contributed by atoms with Gasteiger partial charge in [-0.05, 0) is 24.8 Å². The molecule has 1 aliphatic heterocycles. The van der Waals surface area contributed by atoms with Crippen LogP contribution in [0.15, 0.2) is 52.2 Å². The molecule has 1 heterocycles. The summed E-state index contributed by atoms with van der Waals surface area (Å²) >= 11 is 0. The molecule has 92 valence electrons. The summed E-state index contributed by atoms with van der Waals surface area (Å²) < 4.78 is 0. The van der Waals surface area contributed by atoms with Crippen molar-refractivity contribution in [3.63, 3.8) is 0 Å². The van der Waals surface area contributed by atoms with E-state index in [-0.39, 0.29) is 0 Å². The molecule has 2 aliphatic carbocycles. The van der Waals surface area contributed by atoms with E-state index in [1.807, 2.05) is 18.5 Å². The number of allylic oxidation sites excluding steroid dienone is 6. The fourth-order valence-electron chi connectivity index (χ4n) is 2.93. The zero-order valence-corrected chi connectivity index (χ0v) is 9.84. The molecule has 0 unspecified atom stereocenters. The van der Waals surface area contributed by atoms with Crippen LogP contribution in [0.5, 0.6) is 0 Å². The summed E-state index contributed by atoms with van der Waals surface area (Å²) in [5.41, 5.74) is 5.05. The predicted octanol–water partition coefficient (Wildman–Crippen LogP) is 1.91. The average molecular weight is 242 g/mol. The van der Waals surface area contributed by atoms with Crippen molar-refractivity contribution in [1.82, 2.24) is 5.48 Å². The van der Waals surface area contributed by atoms with Gasteiger partial charge in [-0.3, -0.25) is 15.0 Å². The minimum Gasteiger partial charge on any atom is -0.288 e. The second-order valence-corrected chi connectivity index (χ2v) is 4.77. The van der Waals surface area contributed by atoms with Gasteiger partial charge in [0.1, 0.15) is 0 Å². The van der Waals surface area contributed by atoms with E-state index in [0.717, 1.165) is 6.42 Å². The van der Waals surface area contributed by atoms with Gasteiger partial charge in [0.05, 0.1) is 0 Å². The van der Waals surface area contributed by atoms with E-state index in [9.17, 15) is 4.79 Å². The van der Waals surface area contributed by atoms with E-state index in [1.165, 1.54) is 11.1 Å². The molecule has 0 radical (unpaired) electrons. The third-order valence-corrected chi connectivity index (χ3v) is 3.83. The number of hydrogen-bond acceptors (Lipinski definition) is 3. The number of hydrogen-bond donors (Lipinski definition) is 2. The Hall–Kier alpha value is -1.94. The summed E-state index contributed by atoms with van der Waals surface area (Å²) in [6, 6.07) is 0. The molecule has 4 heteroatoms.